The molecule has 0 bridgehead atoms. The number of nitrogens with two attached hydrogens (primary N) is 1. The van der Waals surface area contributed by atoms with E-state index < -0.39 is 0 Å². The Morgan fingerprint density at radius 3 is 2.90 bits per heavy atom. The number of hydrogen-bond acceptors (Lipinski definition) is 3. The fourth-order valence-electron chi connectivity index (χ4n) is 3.12. The van der Waals surface area contributed by atoms with Gasteiger partial charge in [-0.25, -0.2) is 0 Å². The summed E-state index contributed by atoms with van der Waals surface area (Å²) in [5, 5.41) is 1.04. The molecule has 112 valence electrons. The van der Waals surface area contributed by atoms with Crippen molar-refractivity contribution in [2.45, 2.75) is 44.7 Å². The highest BCUT2D eigenvalue weighted by Crippen LogP contribution is 2.28. The first kappa shape index (κ1) is 14.1. The van der Waals surface area contributed by atoms with Crippen LogP contribution in [-0.4, -0.2) is 29.4 Å². The second-order valence-electron chi connectivity index (χ2n) is 6.07. The van der Waals surface area contributed by atoms with Crippen molar-refractivity contribution in [3.8, 4) is 0 Å². The Hall–Kier alpha value is -1.81. The van der Waals surface area contributed by atoms with E-state index in [-0.39, 0.29) is 23.9 Å². The van der Waals surface area contributed by atoms with Crippen molar-refractivity contribution in [3.05, 3.63) is 36.1 Å². The summed E-state index contributed by atoms with van der Waals surface area (Å²) in [5.41, 5.74) is 6.80. The van der Waals surface area contributed by atoms with Gasteiger partial charge in [0.15, 0.2) is 0 Å². The molecular weight excluding hydrogens is 264 g/mol. The van der Waals surface area contributed by atoms with Gasteiger partial charge in [0.25, 0.3) is 0 Å². The van der Waals surface area contributed by atoms with E-state index in [1.165, 1.54) is 0 Å². The molecule has 21 heavy (non-hydrogen) atoms. The number of nitrogens with zero attached hydrogens (tertiary/aromatic N) is 1. The third kappa shape index (κ3) is 2.68. The molecule has 3 unspecified atom stereocenters. The average Bonchev–Trinajstić information content (AvgIpc) is 2.89. The number of amides is 1. The van der Waals surface area contributed by atoms with Gasteiger partial charge in [0.2, 0.25) is 5.91 Å². The second kappa shape index (κ2) is 5.53. The number of hydrogen-bond donors (Lipinski definition) is 1. The fourth-order valence-corrected chi connectivity index (χ4v) is 3.12. The Morgan fingerprint density at radius 2 is 2.19 bits per heavy atom. The van der Waals surface area contributed by atoms with E-state index in [0.29, 0.717) is 0 Å². The van der Waals surface area contributed by atoms with E-state index >= 15 is 0 Å². The van der Waals surface area contributed by atoms with Crippen LogP contribution in [0.4, 0.5) is 0 Å². The number of carbonyl (C=O) groups excluding carboxylic acids is 1. The van der Waals surface area contributed by atoms with Crippen LogP contribution in [0.2, 0.25) is 0 Å². The summed E-state index contributed by atoms with van der Waals surface area (Å²) in [5.74, 6) is 0.617. The molecular formula is C17H22N2O2. The summed E-state index contributed by atoms with van der Waals surface area (Å²) >= 11 is 0. The Morgan fingerprint density at radius 1 is 1.43 bits per heavy atom. The summed E-state index contributed by atoms with van der Waals surface area (Å²) in [6.07, 6.45) is 1.75. The van der Waals surface area contributed by atoms with Gasteiger partial charge in [-0.1, -0.05) is 18.2 Å². The quantitative estimate of drug-likeness (QED) is 0.923. The molecule has 4 nitrogen and oxygen atoms in total. The van der Waals surface area contributed by atoms with Gasteiger partial charge in [-0.15, -0.1) is 0 Å². The summed E-state index contributed by atoms with van der Waals surface area (Å²) in [4.78, 5) is 14.7. The molecule has 1 aliphatic rings. The van der Waals surface area contributed by atoms with Crippen molar-refractivity contribution in [1.29, 1.82) is 0 Å². The molecule has 2 heterocycles. The van der Waals surface area contributed by atoms with E-state index in [0.717, 1.165) is 36.1 Å². The lowest BCUT2D eigenvalue weighted by molar-refractivity contribution is -0.136. The zero-order chi connectivity index (χ0) is 15.0. The van der Waals surface area contributed by atoms with Crippen molar-refractivity contribution in [3.63, 3.8) is 0 Å². The van der Waals surface area contributed by atoms with E-state index in [4.69, 9.17) is 10.2 Å². The highest BCUT2D eigenvalue weighted by atomic mass is 16.3. The standard InChI is InChI=1S/C17H22N2O2/c1-11-9-14(18)7-8-19(11)17(20)12(2)16-10-13-5-3-4-6-15(13)21-16/h3-6,10-12,14H,7-9,18H2,1-2H3. The maximum absolute atomic E-state index is 12.7. The maximum atomic E-state index is 12.7. The lowest BCUT2D eigenvalue weighted by atomic mass is 9.96. The molecule has 1 amide bonds. The fraction of sp³-hybridized carbons (Fsp3) is 0.471. The molecule has 3 atom stereocenters. The van der Waals surface area contributed by atoms with Gasteiger partial charge >= 0.3 is 0 Å². The van der Waals surface area contributed by atoms with Crippen LogP contribution in [0.3, 0.4) is 0 Å². The van der Waals surface area contributed by atoms with Crippen molar-refractivity contribution in [1.82, 2.24) is 4.90 Å². The first-order chi connectivity index (χ1) is 10.1. The van der Waals surface area contributed by atoms with Gasteiger partial charge < -0.3 is 15.1 Å². The Balaban J connectivity index is 1.80. The average molecular weight is 286 g/mol. The molecule has 1 aromatic carbocycles. The maximum Gasteiger partial charge on any atom is 0.233 e. The predicted octanol–water partition coefficient (Wildman–Crippen LogP) is 2.87. The monoisotopic (exact) mass is 286 g/mol. The minimum atomic E-state index is -0.255. The van der Waals surface area contributed by atoms with Gasteiger partial charge in [0.05, 0.1) is 5.92 Å². The smallest absolute Gasteiger partial charge is 0.233 e. The van der Waals surface area contributed by atoms with Crippen LogP contribution in [0, 0.1) is 0 Å². The minimum absolute atomic E-state index is 0.133. The predicted molar refractivity (Wildman–Crippen MR) is 83.0 cm³/mol. The molecule has 0 radical (unpaired) electrons. The molecule has 1 aliphatic heterocycles. The van der Waals surface area contributed by atoms with Crippen LogP contribution in [0.5, 0.6) is 0 Å². The molecule has 1 saturated heterocycles. The van der Waals surface area contributed by atoms with Crippen LogP contribution in [0.15, 0.2) is 34.7 Å². The van der Waals surface area contributed by atoms with Crippen LogP contribution in [0.25, 0.3) is 11.0 Å². The van der Waals surface area contributed by atoms with Crippen molar-refractivity contribution in [2.75, 3.05) is 6.54 Å². The topological polar surface area (TPSA) is 59.5 Å². The van der Waals surface area contributed by atoms with Gasteiger partial charge in [-0.3, -0.25) is 4.79 Å². The number of likely N-dealkylation sites (tertiary alicyclic amines) is 1. The van der Waals surface area contributed by atoms with Crippen LogP contribution in [0.1, 0.15) is 38.4 Å². The molecule has 2 aromatic rings. The molecule has 1 aromatic heterocycles. The number of rotatable bonds is 2. The summed E-state index contributed by atoms with van der Waals surface area (Å²) < 4.78 is 5.83. The second-order valence-corrected chi connectivity index (χ2v) is 6.07. The highest BCUT2D eigenvalue weighted by molar-refractivity contribution is 5.85. The number of para-hydroxylation sites is 1. The lowest BCUT2D eigenvalue weighted by Crippen LogP contribution is -2.49. The number of furan rings is 1. The molecule has 1 fully saturated rings. The van der Waals surface area contributed by atoms with Gasteiger partial charge in [-0.05, 0) is 38.8 Å². The minimum Gasteiger partial charge on any atom is -0.460 e. The Bertz CT molecular complexity index is 616. The number of carbonyl (C=O) groups is 1. The van der Waals surface area contributed by atoms with Crippen LogP contribution >= 0.6 is 0 Å². The van der Waals surface area contributed by atoms with Crippen molar-refractivity contribution < 1.29 is 9.21 Å². The van der Waals surface area contributed by atoms with Gasteiger partial charge in [0, 0.05) is 24.0 Å². The van der Waals surface area contributed by atoms with Crippen LogP contribution in [-0.2, 0) is 4.79 Å². The number of piperidine rings is 1. The van der Waals surface area contributed by atoms with E-state index in [2.05, 4.69) is 6.92 Å². The summed E-state index contributed by atoms with van der Waals surface area (Å²) in [7, 11) is 0. The van der Waals surface area contributed by atoms with Crippen molar-refractivity contribution in [2.24, 2.45) is 5.73 Å². The van der Waals surface area contributed by atoms with E-state index in [1.807, 2.05) is 42.2 Å². The highest BCUT2D eigenvalue weighted by Gasteiger charge is 2.31. The van der Waals surface area contributed by atoms with Gasteiger partial charge in [0.1, 0.15) is 11.3 Å². The first-order valence-electron chi connectivity index (χ1n) is 7.61. The normalized spacial score (nSPS) is 24.2. The van der Waals surface area contributed by atoms with E-state index in [9.17, 15) is 4.79 Å². The molecule has 2 N–H and O–H groups in total. The number of benzene rings is 1. The van der Waals surface area contributed by atoms with Crippen molar-refractivity contribution >= 4 is 16.9 Å². The third-order valence-corrected chi connectivity index (χ3v) is 4.44. The molecule has 0 saturated carbocycles. The van der Waals surface area contributed by atoms with Crippen LogP contribution < -0.4 is 5.73 Å². The summed E-state index contributed by atoms with van der Waals surface area (Å²) in [6, 6.07) is 10.2. The summed E-state index contributed by atoms with van der Waals surface area (Å²) in [6.45, 7) is 4.73. The lowest BCUT2D eigenvalue weighted by Gasteiger charge is -2.37. The molecule has 0 spiro atoms. The van der Waals surface area contributed by atoms with E-state index in [1.54, 1.807) is 0 Å². The van der Waals surface area contributed by atoms with Gasteiger partial charge in [-0.2, -0.15) is 0 Å². The first-order valence-corrected chi connectivity index (χ1v) is 7.61. The molecule has 3 rings (SSSR count). The molecule has 4 heteroatoms. The Kier molecular flexibility index (Phi) is 3.72. The SMILES string of the molecule is CC(C(=O)N1CCC(N)CC1C)c1cc2ccccc2o1. The largest absolute Gasteiger partial charge is 0.460 e. The zero-order valence-electron chi connectivity index (χ0n) is 12.6. The Labute approximate surface area is 124 Å². The number of fused-ring (bicyclic) bond motifs is 1. The third-order valence-electron chi connectivity index (χ3n) is 4.44. The zero-order valence-corrected chi connectivity index (χ0v) is 12.6. The molecule has 0 aliphatic carbocycles.